The Morgan fingerprint density at radius 3 is 2.47 bits per heavy atom. The minimum absolute atomic E-state index is 0.0934. The number of likely N-dealkylation sites (tertiary alicyclic amines) is 1. The maximum atomic E-state index is 12.1. The number of nitrogens with one attached hydrogen (secondary N) is 1. The number of carbonyl (C=O) groups is 2. The lowest BCUT2D eigenvalue weighted by atomic mass is 10.0. The van der Waals surface area contributed by atoms with Crippen LogP contribution in [0.25, 0.3) is 0 Å². The first-order valence-electron chi connectivity index (χ1n) is 6.39. The third kappa shape index (κ3) is 3.47. The first kappa shape index (κ1) is 13.9. The molecule has 1 aromatic carbocycles. The molecular weight excluding hydrogens is 264 g/mol. The van der Waals surface area contributed by atoms with Crippen LogP contribution in [0.2, 0.25) is 5.02 Å². The van der Waals surface area contributed by atoms with E-state index >= 15 is 0 Å². The van der Waals surface area contributed by atoms with Crippen molar-refractivity contribution >= 4 is 23.4 Å². The normalized spacial score (nSPS) is 16.2. The molecule has 19 heavy (non-hydrogen) atoms. The molecule has 1 heterocycles. The van der Waals surface area contributed by atoms with Gasteiger partial charge in [0.05, 0.1) is 10.6 Å². The van der Waals surface area contributed by atoms with Gasteiger partial charge in [-0.2, -0.15) is 0 Å². The molecule has 1 aromatic rings. The van der Waals surface area contributed by atoms with Gasteiger partial charge in [-0.05, 0) is 25.0 Å². The van der Waals surface area contributed by atoms with Gasteiger partial charge in [-0.15, -0.1) is 0 Å². The number of piperidine rings is 1. The molecular formula is C14H17ClN2O2. The number of halogens is 1. The van der Waals surface area contributed by atoms with Crippen LogP contribution < -0.4 is 5.32 Å². The highest BCUT2D eigenvalue weighted by Gasteiger charge is 2.22. The zero-order valence-electron chi connectivity index (χ0n) is 10.9. The average molecular weight is 281 g/mol. The molecule has 0 saturated carbocycles. The molecule has 0 atom stereocenters. The van der Waals surface area contributed by atoms with E-state index in [1.165, 1.54) is 0 Å². The molecule has 2 rings (SSSR count). The van der Waals surface area contributed by atoms with Gasteiger partial charge in [-0.3, -0.25) is 9.59 Å². The Hall–Kier alpha value is -1.55. The monoisotopic (exact) mass is 280 g/mol. The largest absolute Gasteiger partial charge is 0.349 e. The predicted octanol–water partition coefficient (Wildman–Crippen LogP) is 2.08. The molecule has 102 valence electrons. The summed E-state index contributed by atoms with van der Waals surface area (Å²) in [6.07, 6.45) is 1.57. The van der Waals surface area contributed by atoms with Gasteiger partial charge in [-0.25, -0.2) is 0 Å². The van der Waals surface area contributed by atoms with Crippen molar-refractivity contribution in [2.75, 3.05) is 13.1 Å². The Morgan fingerprint density at radius 1 is 1.26 bits per heavy atom. The zero-order valence-corrected chi connectivity index (χ0v) is 11.6. The number of carbonyl (C=O) groups excluding carboxylic acids is 2. The van der Waals surface area contributed by atoms with E-state index in [9.17, 15) is 9.59 Å². The maximum Gasteiger partial charge on any atom is 0.253 e. The average Bonchev–Trinajstić information content (AvgIpc) is 2.39. The highest BCUT2D eigenvalue weighted by Crippen LogP contribution is 2.16. The summed E-state index contributed by atoms with van der Waals surface area (Å²) >= 11 is 5.99. The smallest absolute Gasteiger partial charge is 0.253 e. The van der Waals surface area contributed by atoms with Crippen molar-refractivity contribution in [3.05, 3.63) is 34.9 Å². The molecule has 1 aliphatic heterocycles. The topological polar surface area (TPSA) is 49.4 Å². The third-order valence-corrected chi connectivity index (χ3v) is 3.72. The fourth-order valence-corrected chi connectivity index (χ4v) is 2.47. The van der Waals surface area contributed by atoms with Gasteiger partial charge < -0.3 is 10.2 Å². The summed E-state index contributed by atoms with van der Waals surface area (Å²) in [7, 11) is 0. The first-order chi connectivity index (χ1) is 9.08. The Balaban J connectivity index is 1.91. The summed E-state index contributed by atoms with van der Waals surface area (Å²) in [6.45, 7) is 2.97. The second-order valence-electron chi connectivity index (χ2n) is 4.73. The Kier molecular flexibility index (Phi) is 4.43. The van der Waals surface area contributed by atoms with E-state index in [-0.39, 0.29) is 17.9 Å². The lowest BCUT2D eigenvalue weighted by molar-refractivity contribution is -0.129. The quantitative estimate of drug-likeness (QED) is 0.902. The molecule has 0 radical (unpaired) electrons. The Labute approximate surface area is 117 Å². The lowest BCUT2D eigenvalue weighted by Crippen LogP contribution is -2.46. The van der Waals surface area contributed by atoms with Gasteiger partial charge in [0.1, 0.15) is 0 Å². The minimum Gasteiger partial charge on any atom is -0.349 e. The van der Waals surface area contributed by atoms with Crippen LogP contribution in [-0.2, 0) is 4.79 Å². The molecule has 0 aromatic heterocycles. The second-order valence-corrected chi connectivity index (χ2v) is 5.14. The molecule has 0 spiro atoms. The van der Waals surface area contributed by atoms with Crippen LogP contribution in [0.5, 0.6) is 0 Å². The summed E-state index contributed by atoms with van der Waals surface area (Å²) in [4.78, 5) is 25.1. The minimum atomic E-state index is -0.146. The number of benzene rings is 1. The molecule has 0 bridgehead atoms. The number of hydrogen-bond donors (Lipinski definition) is 1. The van der Waals surface area contributed by atoms with Gasteiger partial charge >= 0.3 is 0 Å². The number of amides is 2. The SMILES string of the molecule is CC(=O)N1CCC(NC(=O)c2ccccc2Cl)CC1. The lowest BCUT2D eigenvalue weighted by Gasteiger charge is -2.31. The highest BCUT2D eigenvalue weighted by atomic mass is 35.5. The van der Waals surface area contributed by atoms with Crippen molar-refractivity contribution in [1.82, 2.24) is 10.2 Å². The van der Waals surface area contributed by atoms with Gasteiger partial charge in [0.2, 0.25) is 5.91 Å². The number of rotatable bonds is 2. The van der Waals surface area contributed by atoms with Gasteiger partial charge in [-0.1, -0.05) is 23.7 Å². The summed E-state index contributed by atoms with van der Waals surface area (Å²) in [5, 5.41) is 3.43. The van der Waals surface area contributed by atoms with Crippen molar-refractivity contribution in [2.24, 2.45) is 0 Å². The van der Waals surface area contributed by atoms with Crippen molar-refractivity contribution in [1.29, 1.82) is 0 Å². The second kappa shape index (κ2) is 6.06. The van der Waals surface area contributed by atoms with E-state index in [1.807, 2.05) is 0 Å². The number of hydrogen-bond acceptors (Lipinski definition) is 2. The van der Waals surface area contributed by atoms with Gasteiger partial charge in [0, 0.05) is 26.1 Å². The van der Waals surface area contributed by atoms with Crippen molar-refractivity contribution < 1.29 is 9.59 Å². The summed E-state index contributed by atoms with van der Waals surface area (Å²) in [6, 6.07) is 7.11. The van der Waals surface area contributed by atoms with Gasteiger partial charge in [0.15, 0.2) is 0 Å². The number of nitrogens with zero attached hydrogens (tertiary/aromatic N) is 1. The predicted molar refractivity (Wildman–Crippen MR) is 74.2 cm³/mol. The van der Waals surface area contributed by atoms with Crippen LogP contribution in [0.3, 0.4) is 0 Å². The molecule has 0 unspecified atom stereocenters. The Bertz CT molecular complexity index is 482. The summed E-state index contributed by atoms with van der Waals surface area (Å²) < 4.78 is 0. The van der Waals surface area contributed by atoms with Crippen LogP contribution in [0.15, 0.2) is 24.3 Å². The van der Waals surface area contributed by atoms with E-state index in [0.29, 0.717) is 23.7 Å². The standard InChI is InChI=1S/C14H17ClN2O2/c1-10(18)17-8-6-11(7-9-17)16-14(19)12-4-2-3-5-13(12)15/h2-5,11H,6-9H2,1H3,(H,16,19). The van der Waals surface area contributed by atoms with Gasteiger partial charge in [0.25, 0.3) is 5.91 Å². The van der Waals surface area contributed by atoms with Crippen LogP contribution in [0.1, 0.15) is 30.1 Å². The summed E-state index contributed by atoms with van der Waals surface area (Å²) in [5.74, 6) is -0.0530. The van der Waals surface area contributed by atoms with Crippen LogP contribution in [-0.4, -0.2) is 35.8 Å². The molecule has 2 amide bonds. The van der Waals surface area contributed by atoms with Crippen molar-refractivity contribution in [3.8, 4) is 0 Å². The van der Waals surface area contributed by atoms with E-state index in [0.717, 1.165) is 12.8 Å². The molecule has 4 nitrogen and oxygen atoms in total. The fourth-order valence-electron chi connectivity index (χ4n) is 2.25. The van der Waals surface area contributed by atoms with Crippen molar-refractivity contribution in [3.63, 3.8) is 0 Å². The Morgan fingerprint density at radius 2 is 1.89 bits per heavy atom. The van der Waals surface area contributed by atoms with Crippen LogP contribution in [0.4, 0.5) is 0 Å². The summed E-state index contributed by atoms with van der Waals surface area (Å²) in [5.41, 5.74) is 0.498. The molecule has 5 heteroatoms. The molecule has 1 aliphatic rings. The van der Waals surface area contributed by atoms with Crippen LogP contribution in [0, 0.1) is 0 Å². The molecule has 1 fully saturated rings. The van der Waals surface area contributed by atoms with E-state index < -0.39 is 0 Å². The van der Waals surface area contributed by atoms with Crippen LogP contribution >= 0.6 is 11.6 Å². The molecule has 0 aliphatic carbocycles. The zero-order chi connectivity index (χ0) is 13.8. The third-order valence-electron chi connectivity index (χ3n) is 3.39. The first-order valence-corrected chi connectivity index (χ1v) is 6.76. The molecule has 1 N–H and O–H groups in total. The molecule has 1 saturated heterocycles. The maximum absolute atomic E-state index is 12.1. The van der Waals surface area contributed by atoms with E-state index in [1.54, 1.807) is 36.1 Å². The van der Waals surface area contributed by atoms with E-state index in [2.05, 4.69) is 5.32 Å². The fraction of sp³-hybridized carbons (Fsp3) is 0.429. The van der Waals surface area contributed by atoms with E-state index in [4.69, 9.17) is 11.6 Å². The highest BCUT2D eigenvalue weighted by molar-refractivity contribution is 6.33. The van der Waals surface area contributed by atoms with Crippen molar-refractivity contribution in [2.45, 2.75) is 25.8 Å².